The zero-order valence-electron chi connectivity index (χ0n) is 44.6. The summed E-state index contributed by atoms with van der Waals surface area (Å²) in [7, 11) is -2.25. The first-order valence-electron chi connectivity index (χ1n) is 25.4. The number of nitrogens with two attached hydrogens (primary N) is 1. The molecule has 5 N–H and O–H groups in total. The Morgan fingerprint density at radius 2 is 0.949 bits per heavy atom. The van der Waals surface area contributed by atoms with Gasteiger partial charge in [-0.2, -0.15) is 0 Å². The monoisotopic (exact) mass is 1140 g/mol. The van der Waals surface area contributed by atoms with E-state index >= 15 is 0 Å². The minimum Gasteiger partial charge on any atom is -0.492 e. The number of aryl methyl sites for hydroxylation is 4. The first-order chi connectivity index (χ1) is 36.8. The lowest BCUT2D eigenvalue weighted by Crippen LogP contribution is -2.25. The Morgan fingerprint density at radius 1 is 0.564 bits per heavy atom. The van der Waals surface area contributed by atoms with Crippen molar-refractivity contribution in [2.45, 2.75) is 53.4 Å². The molecule has 2 aliphatic heterocycles. The third-order valence-corrected chi connectivity index (χ3v) is 13.5. The summed E-state index contributed by atoms with van der Waals surface area (Å²) in [6.45, 7) is 16.2. The van der Waals surface area contributed by atoms with E-state index in [-0.39, 0.29) is 18.4 Å². The predicted molar refractivity (Wildman–Crippen MR) is 317 cm³/mol. The summed E-state index contributed by atoms with van der Waals surface area (Å²) < 4.78 is 57.5. The predicted octanol–water partition coefficient (Wildman–Crippen LogP) is 10.6. The van der Waals surface area contributed by atoms with Crippen molar-refractivity contribution < 1.29 is 26.3 Å². The lowest BCUT2D eigenvalue weighted by molar-refractivity contribution is 0.237. The molecule has 4 heterocycles. The van der Waals surface area contributed by atoms with Crippen molar-refractivity contribution in [1.82, 2.24) is 40.2 Å². The van der Waals surface area contributed by atoms with Crippen molar-refractivity contribution in [2.24, 2.45) is 0 Å². The number of halogens is 2. The number of nitrogens with one attached hydrogen (secondary N) is 3. The highest BCUT2D eigenvalue weighted by Gasteiger charge is 2.18. The zero-order valence-corrected chi connectivity index (χ0v) is 47.8. The molecule has 78 heavy (non-hydrogen) atoms. The molecule has 2 saturated heterocycles. The van der Waals surface area contributed by atoms with Gasteiger partial charge in [-0.25, -0.2) is 26.8 Å². The van der Waals surface area contributed by atoms with Crippen LogP contribution in [0.5, 0.6) is 11.5 Å². The van der Waals surface area contributed by atoms with Crippen LogP contribution in [0.25, 0.3) is 44.3 Å². The molecular formula is C56H66Cl2N12O6S2. The molecule has 0 unspecified atom stereocenters. The van der Waals surface area contributed by atoms with Crippen LogP contribution in [-0.4, -0.2) is 122 Å². The highest BCUT2D eigenvalue weighted by molar-refractivity contribution is 8.13. The Morgan fingerprint density at radius 3 is 1.36 bits per heavy atom. The van der Waals surface area contributed by atoms with Gasteiger partial charge in [0.25, 0.3) is 0 Å². The van der Waals surface area contributed by atoms with E-state index in [0.29, 0.717) is 52.6 Å². The number of aromatic nitrogens is 6. The standard InChI is InChI=1S/C28H32N6O3S.C27H30N6O.CH3ClO2S.ClH/c1-19-7-6-8-20(2)26(19)21-17-24-27(25(18-21)33-38(3,35)36)30-28(32-31-24)29-22-9-11-23(12-10-22)37-16-15-34-13-4-5-14-34;1-18-6-5-7-19(2)25(18)20-16-23(28)26-24(17-20)31-32-27(30-26)29-21-8-10-22(11-9-21)34-15-14-33-12-3-4-13-33;1-5(2,3)4;/h6-12,17-18,33H,4-5,13-16H2,1-3H3,(H,29,30,32);5-11,16-17H,3-4,12-15,28H2,1-2H3,(H,29,30,32);1H3;1H. The van der Waals surface area contributed by atoms with Gasteiger partial charge in [-0.3, -0.25) is 14.5 Å². The molecule has 0 radical (unpaired) electrons. The van der Waals surface area contributed by atoms with Crippen LogP contribution in [0.15, 0.2) is 109 Å². The van der Waals surface area contributed by atoms with Gasteiger partial charge in [0.05, 0.1) is 23.9 Å². The zero-order chi connectivity index (χ0) is 54.7. The quantitative estimate of drug-likeness (QED) is 0.0520. The second kappa shape index (κ2) is 26.6. The molecule has 412 valence electrons. The van der Waals surface area contributed by atoms with Crippen LogP contribution in [-0.2, 0) is 19.1 Å². The number of anilines is 6. The van der Waals surface area contributed by atoms with Crippen LogP contribution < -0.4 is 30.6 Å². The van der Waals surface area contributed by atoms with Gasteiger partial charge in [0, 0.05) is 35.1 Å². The van der Waals surface area contributed by atoms with Crippen molar-refractivity contribution in [2.75, 3.05) is 86.1 Å². The fourth-order valence-corrected chi connectivity index (χ4v) is 10.0. The van der Waals surface area contributed by atoms with Crippen LogP contribution in [0.1, 0.15) is 47.9 Å². The lowest BCUT2D eigenvalue weighted by Gasteiger charge is -2.15. The number of nitrogens with zero attached hydrogens (tertiary/aromatic N) is 8. The average molecular weight is 1140 g/mol. The Kier molecular flexibility index (Phi) is 20.0. The topological polar surface area (TPSA) is 233 Å². The third-order valence-electron chi connectivity index (χ3n) is 13.0. The first-order valence-corrected chi connectivity index (χ1v) is 30.0. The number of hydrogen-bond acceptors (Lipinski definition) is 17. The number of fused-ring (bicyclic) bond motifs is 2. The largest absolute Gasteiger partial charge is 0.492 e. The molecular weight excluding hydrogens is 1070 g/mol. The SMILES string of the molecule is CS(=O)(=O)Cl.Cc1cccc(C)c1-c1cc(N)c2nc(Nc3ccc(OCCN4CCCC4)cc3)nnc2c1.Cc1cccc(C)c1-c1cc(NS(C)(=O)=O)c2nc(Nc3ccc(OCCN4CCCC4)cc3)nnc2c1.Cl. The van der Waals surface area contributed by atoms with Gasteiger partial charge in [-0.05, 0) is 197 Å². The number of ether oxygens (including phenoxy) is 2. The highest BCUT2D eigenvalue weighted by Crippen LogP contribution is 2.35. The molecule has 0 bridgehead atoms. The molecule has 2 fully saturated rings. The molecule has 6 aromatic carbocycles. The van der Waals surface area contributed by atoms with Gasteiger partial charge in [0.2, 0.25) is 31.0 Å². The molecule has 0 spiro atoms. The number of hydrogen-bond donors (Lipinski definition) is 4. The van der Waals surface area contributed by atoms with E-state index in [1.54, 1.807) is 6.07 Å². The van der Waals surface area contributed by atoms with Crippen LogP contribution in [0.4, 0.5) is 34.6 Å². The van der Waals surface area contributed by atoms with Crippen LogP contribution in [0.3, 0.4) is 0 Å². The molecule has 8 aromatic rings. The van der Waals surface area contributed by atoms with E-state index in [0.717, 1.165) is 89.4 Å². The maximum atomic E-state index is 12.2. The van der Waals surface area contributed by atoms with Gasteiger partial charge in [-0.1, -0.05) is 36.4 Å². The second-order valence-corrected chi connectivity index (χ2v) is 24.1. The van der Waals surface area contributed by atoms with Gasteiger partial charge < -0.3 is 25.8 Å². The van der Waals surface area contributed by atoms with Gasteiger partial charge >= 0.3 is 0 Å². The molecule has 2 aliphatic rings. The Hall–Kier alpha value is -6.94. The van der Waals surface area contributed by atoms with E-state index in [1.165, 1.54) is 55.5 Å². The summed E-state index contributed by atoms with van der Waals surface area (Å²) in [5.74, 6) is 2.31. The maximum absolute atomic E-state index is 12.2. The van der Waals surface area contributed by atoms with E-state index in [1.807, 2.05) is 98.8 Å². The molecule has 22 heteroatoms. The molecule has 10 rings (SSSR count). The molecule has 2 aromatic heterocycles. The highest BCUT2D eigenvalue weighted by atomic mass is 35.7. The number of nitrogen functional groups attached to an aromatic ring is 1. The van der Waals surface area contributed by atoms with E-state index in [9.17, 15) is 16.8 Å². The maximum Gasteiger partial charge on any atom is 0.247 e. The average Bonchev–Trinajstić information content (AvgIpc) is 4.11. The van der Waals surface area contributed by atoms with Crippen molar-refractivity contribution in [3.8, 4) is 33.8 Å². The number of likely N-dealkylation sites (tertiary alicyclic amines) is 2. The summed E-state index contributed by atoms with van der Waals surface area (Å²) in [6.07, 6.45) is 7.18. The number of sulfonamides is 1. The lowest BCUT2D eigenvalue weighted by atomic mass is 9.95. The molecule has 0 saturated carbocycles. The van der Waals surface area contributed by atoms with Gasteiger partial charge in [0.1, 0.15) is 46.8 Å². The van der Waals surface area contributed by atoms with Crippen molar-refractivity contribution in [1.29, 1.82) is 0 Å². The minimum atomic E-state index is -3.55. The summed E-state index contributed by atoms with van der Waals surface area (Å²) >= 11 is 0. The van der Waals surface area contributed by atoms with E-state index < -0.39 is 19.1 Å². The second-order valence-electron chi connectivity index (χ2n) is 19.3. The van der Waals surface area contributed by atoms with Crippen molar-refractivity contribution >= 4 is 98.9 Å². The Bertz CT molecular complexity index is 3520. The Balaban J connectivity index is 0.000000207. The first kappa shape index (κ1) is 58.7. The third kappa shape index (κ3) is 16.8. The van der Waals surface area contributed by atoms with Crippen molar-refractivity contribution in [3.63, 3.8) is 0 Å². The Labute approximate surface area is 467 Å². The van der Waals surface area contributed by atoms with Crippen molar-refractivity contribution in [3.05, 3.63) is 131 Å². The molecule has 0 atom stereocenters. The molecule has 0 amide bonds. The smallest absolute Gasteiger partial charge is 0.247 e. The number of benzene rings is 6. The van der Waals surface area contributed by atoms with Gasteiger partial charge in [-0.15, -0.1) is 32.8 Å². The fourth-order valence-electron chi connectivity index (χ4n) is 9.45. The van der Waals surface area contributed by atoms with E-state index in [2.05, 4.69) is 98.2 Å². The van der Waals surface area contributed by atoms with Crippen LogP contribution in [0, 0.1) is 27.7 Å². The minimum absolute atomic E-state index is 0. The summed E-state index contributed by atoms with van der Waals surface area (Å²) in [5, 5.41) is 23.7. The van der Waals surface area contributed by atoms with Crippen LogP contribution >= 0.6 is 23.1 Å². The molecule has 18 nitrogen and oxygen atoms in total. The fraction of sp³-hybridized carbons (Fsp3) is 0.321. The summed E-state index contributed by atoms with van der Waals surface area (Å²) in [6, 6.07) is 35.3. The van der Waals surface area contributed by atoms with Crippen LogP contribution in [0.2, 0.25) is 0 Å². The molecule has 0 aliphatic carbocycles. The van der Waals surface area contributed by atoms with E-state index in [4.69, 9.17) is 15.2 Å². The summed E-state index contributed by atoms with van der Waals surface area (Å²) in [5.41, 5.74) is 19.8. The summed E-state index contributed by atoms with van der Waals surface area (Å²) in [4.78, 5) is 14.1. The van der Waals surface area contributed by atoms with Gasteiger partial charge in [0.15, 0.2) is 0 Å². The normalized spacial score (nSPS) is 13.7. The number of rotatable bonds is 16.